The van der Waals surface area contributed by atoms with Crippen LogP contribution in [0.4, 0.5) is 0 Å². The molecule has 0 saturated carbocycles. The summed E-state index contributed by atoms with van der Waals surface area (Å²) in [7, 11) is 0. The normalized spacial score (nSPS) is 21.9. The van der Waals surface area contributed by atoms with Crippen LogP contribution in [0.5, 0.6) is 0 Å². The number of rotatable bonds is 4. The van der Waals surface area contributed by atoms with Gasteiger partial charge in [-0.1, -0.05) is 50.6 Å². The highest BCUT2D eigenvalue weighted by Crippen LogP contribution is 2.33. The lowest BCUT2D eigenvalue weighted by Crippen LogP contribution is -2.35. The van der Waals surface area contributed by atoms with Crippen molar-refractivity contribution in [1.29, 1.82) is 0 Å². The van der Waals surface area contributed by atoms with Crippen molar-refractivity contribution in [2.45, 2.75) is 32.2 Å². The molecule has 1 amide bonds. The van der Waals surface area contributed by atoms with E-state index in [1.807, 2.05) is 23.1 Å². The van der Waals surface area contributed by atoms with Crippen LogP contribution in [0.2, 0.25) is 0 Å². The SMILES string of the molecule is CCC(C)C1SCC(=O)N1Cc1ccccc1. The van der Waals surface area contributed by atoms with Gasteiger partial charge in [-0.15, -0.1) is 11.8 Å². The van der Waals surface area contributed by atoms with Crippen molar-refractivity contribution in [3.8, 4) is 0 Å². The Labute approximate surface area is 107 Å². The van der Waals surface area contributed by atoms with Gasteiger partial charge in [-0.05, 0) is 11.5 Å². The van der Waals surface area contributed by atoms with Crippen LogP contribution < -0.4 is 0 Å². The van der Waals surface area contributed by atoms with Gasteiger partial charge in [0.15, 0.2) is 0 Å². The molecular weight excluding hydrogens is 230 g/mol. The van der Waals surface area contributed by atoms with Gasteiger partial charge in [-0.3, -0.25) is 4.79 Å². The van der Waals surface area contributed by atoms with Gasteiger partial charge in [0, 0.05) is 6.54 Å². The molecule has 0 aromatic heterocycles. The number of carbonyl (C=O) groups excluding carboxylic acids is 1. The Hall–Kier alpha value is -0.960. The molecule has 0 spiro atoms. The lowest BCUT2D eigenvalue weighted by atomic mass is 10.1. The summed E-state index contributed by atoms with van der Waals surface area (Å²) in [6.45, 7) is 5.17. The maximum absolute atomic E-state index is 11.9. The van der Waals surface area contributed by atoms with Crippen molar-refractivity contribution in [3.63, 3.8) is 0 Å². The smallest absolute Gasteiger partial charge is 0.233 e. The molecule has 1 aromatic rings. The first kappa shape index (κ1) is 12.5. The van der Waals surface area contributed by atoms with E-state index in [2.05, 4.69) is 26.0 Å². The fraction of sp³-hybridized carbons (Fsp3) is 0.500. The van der Waals surface area contributed by atoms with E-state index in [1.165, 1.54) is 5.56 Å². The number of hydrogen-bond acceptors (Lipinski definition) is 2. The van der Waals surface area contributed by atoms with Crippen molar-refractivity contribution in [2.75, 3.05) is 5.75 Å². The second kappa shape index (κ2) is 5.58. The molecule has 0 N–H and O–H groups in total. The molecule has 1 fully saturated rings. The van der Waals surface area contributed by atoms with E-state index in [9.17, 15) is 4.79 Å². The summed E-state index contributed by atoms with van der Waals surface area (Å²) in [4.78, 5) is 14.0. The van der Waals surface area contributed by atoms with Gasteiger partial charge in [0.2, 0.25) is 5.91 Å². The molecule has 3 heteroatoms. The van der Waals surface area contributed by atoms with Crippen LogP contribution in [0.25, 0.3) is 0 Å². The van der Waals surface area contributed by atoms with Gasteiger partial charge in [-0.2, -0.15) is 0 Å². The summed E-state index contributed by atoms with van der Waals surface area (Å²) in [6, 6.07) is 10.2. The highest BCUT2D eigenvalue weighted by Gasteiger charge is 2.34. The zero-order valence-corrected chi connectivity index (χ0v) is 11.2. The first-order valence-corrected chi connectivity index (χ1v) is 7.22. The number of carbonyl (C=O) groups is 1. The van der Waals surface area contributed by atoms with Gasteiger partial charge in [0.1, 0.15) is 0 Å². The third-order valence-corrected chi connectivity index (χ3v) is 4.81. The average Bonchev–Trinajstić information content (AvgIpc) is 2.72. The van der Waals surface area contributed by atoms with Gasteiger partial charge in [0.05, 0.1) is 11.1 Å². The summed E-state index contributed by atoms with van der Waals surface area (Å²) >= 11 is 1.79. The zero-order chi connectivity index (χ0) is 12.3. The molecule has 1 aliphatic rings. The van der Waals surface area contributed by atoms with Crippen LogP contribution in [-0.2, 0) is 11.3 Å². The standard InChI is InChI=1S/C14H19NOS/c1-3-11(2)14-15(13(16)10-17-14)9-12-7-5-4-6-8-12/h4-8,11,14H,3,9-10H2,1-2H3. The van der Waals surface area contributed by atoms with Crippen LogP contribution in [0.15, 0.2) is 30.3 Å². The third-order valence-electron chi connectivity index (χ3n) is 3.33. The molecule has 17 heavy (non-hydrogen) atoms. The molecule has 0 aliphatic carbocycles. The Balaban J connectivity index is 2.09. The molecule has 2 unspecified atom stereocenters. The molecular formula is C14H19NOS. The van der Waals surface area contributed by atoms with Crippen LogP contribution in [0.1, 0.15) is 25.8 Å². The predicted octanol–water partition coefficient (Wildman–Crippen LogP) is 3.13. The Bertz CT molecular complexity index is 379. The fourth-order valence-corrected chi connectivity index (χ4v) is 3.48. The summed E-state index contributed by atoms with van der Waals surface area (Å²) in [5.41, 5.74) is 1.22. The molecule has 0 bridgehead atoms. The summed E-state index contributed by atoms with van der Waals surface area (Å²) in [5, 5.41) is 0.354. The van der Waals surface area contributed by atoms with Crippen molar-refractivity contribution in [1.82, 2.24) is 4.90 Å². The highest BCUT2D eigenvalue weighted by atomic mass is 32.2. The largest absolute Gasteiger partial charge is 0.325 e. The molecule has 1 saturated heterocycles. The number of hydrogen-bond donors (Lipinski definition) is 0. The number of nitrogens with zero attached hydrogens (tertiary/aromatic N) is 1. The summed E-state index contributed by atoms with van der Waals surface area (Å²) < 4.78 is 0. The first-order valence-electron chi connectivity index (χ1n) is 6.17. The van der Waals surface area contributed by atoms with Gasteiger partial charge >= 0.3 is 0 Å². The van der Waals surface area contributed by atoms with Crippen LogP contribution in [0, 0.1) is 5.92 Å². The van der Waals surface area contributed by atoms with Crippen molar-refractivity contribution >= 4 is 17.7 Å². The van der Waals surface area contributed by atoms with E-state index in [0.717, 1.165) is 13.0 Å². The second-order valence-corrected chi connectivity index (χ2v) is 5.70. The van der Waals surface area contributed by atoms with Crippen molar-refractivity contribution < 1.29 is 4.79 Å². The molecule has 0 radical (unpaired) electrons. The van der Waals surface area contributed by atoms with Gasteiger partial charge in [0.25, 0.3) is 0 Å². The van der Waals surface area contributed by atoms with E-state index in [1.54, 1.807) is 11.8 Å². The van der Waals surface area contributed by atoms with Gasteiger partial charge in [-0.25, -0.2) is 0 Å². The van der Waals surface area contributed by atoms with Crippen molar-refractivity contribution in [3.05, 3.63) is 35.9 Å². The second-order valence-electron chi connectivity index (χ2n) is 4.59. The van der Waals surface area contributed by atoms with Crippen LogP contribution in [0.3, 0.4) is 0 Å². The molecule has 1 aliphatic heterocycles. The molecule has 2 rings (SSSR count). The fourth-order valence-electron chi connectivity index (χ4n) is 2.10. The average molecular weight is 249 g/mol. The Kier molecular flexibility index (Phi) is 4.11. The van der Waals surface area contributed by atoms with E-state index < -0.39 is 0 Å². The number of benzene rings is 1. The molecule has 2 atom stereocenters. The Morgan fingerprint density at radius 3 is 2.76 bits per heavy atom. The van der Waals surface area contributed by atoms with E-state index in [-0.39, 0.29) is 5.91 Å². The first-order chi connectivity index (χ1) is 8.22. The number of thioether (sulfide) groups is 1. The third kappa shape index (κ3) is 2.83. The van der Waals surface area contributed by atoms with Crippen LogP contribution in [-0.4, -0.2) is 21.9 Å². The minimum atomic E-state index is 0.282. The molecule has 2 nitrogen and oxygen atoms in total. The maximum Gasteiger partial charge on any atom is 0.233 e. The molecule has 1 aromatic carbocycles. The Morgan fingerprint density at radius 2 is 2.12 bits per heavy atom. The summed E-state index contributed by atoms with van der Waals surface area (Å²) in [6.07, 6.45) is 1.12. The van der Waals surface area contributed by atoms with Crippen molar-refractivity contribution in [2.24, 2.45) is 5.92 Å². The van der Waals surface area contributed by atoms with E-state index >= 15 is 0 Å². The highest BCUT2D eigenvalue weighted by molar-refractivity contribution is 8.01. The minimum absolute atomic E-state index is 0.282. The lowest BCUT2D eigenvalue weighted by molar-refractivity contribution is -0.129. The van der Waals surface area contributed by atoms with Crippen LogP contribution >= 0.6 is 11.8 Å². The summed E-state index contributed by atoms with van der Waals surface area (Å²) in [5.74, 6) is 1.49. The topological polar surface area (TPSA) is 20.3 Å². The van der Waals surface area contributed by atoms with E-state index in [0.29, 0.717) is 17.0 Å². The Morgan fingerprint density at radius 1 is 1.41 bits per heavy atom. The monoisotopic (exact) mass is 249 g/mol. The zero-order valence-electron chi connectivity index (χ0n) is 10.4. The number of amides is 1. The van der Waals surface area contributed by atoms with E-state index in [4.69, 9.17) is 0 Å². The predicted molar refractivity (Wildman–Crippen MR) is 72.7 cm³/mol. The molecule has 92 valence electrons. The molecule has 1 heterocycles. The van der Waals surface area contributed by atoms with Gasteiger partial charge < -0.3 is 4.90 Å². The quantitative estimate of drug-likeness (QED) is 0.817. The lowest BCUT2D eigenvalue weighted by Gasteiger charge is -2.28. The minimum Gasteiger partial charge on any atom is -0.325 e. The maximum atomic E-state index is 11.9.